The maximum atomic E-state index is 13.1. The summed E-state index contributed by atoms with van der Waals surface area (Å²) in [6.45, 7) is 7.74. The van der Waals surface area contributed by atoms with E-state index in [2.05, 4.69) is 31.2 Å². The van der Waals surface area contributed by atoms with Crippen LogP contribution in [0.2, 0.25) is 0 Å². The van der Waals surface area contributed by atoms with E-state index in [0.717, 1.165) is 5.56 Å². The summed E-state index contributed by atoms with van der Waals surface area (Å²) in [7, 11) is 0. The molecule has 7 heteroatoms. The molecule has 0 unspecified atom stereocenters. The number of urea groups is 1. The van der Waals surface area contributed by atoms with Crippen LogP contribution in [0.4, 0.5) is 15.0 Å². The maximum Gasteiger partial charge on any atom is 0.326 e. The second-order valence-electron chi connectivity index (χ2n) is 6.87. The number of anilines is 1. The molecule has 134 valence electrons. The molecule has 25 heavy (non-hydrogen) atoms. The molecular formula is C18H23FN4O2. The predicted octanol–water partition coefficient (Wildman–Crippen LogP) is 3.28. The molecule has 0 aliphatic carbocycles. The van der Waals surface area contributed by atoms with Crippen LogP contribution < -0.4 is 10.6 Å². The highest BCUT2D eigenvalue weighted by Crippen LogP contribution is 2.24. The number of hydrogen-bond donors (Lipinski definition) is 2. The van der Waals surface area contributed by atoms with E-state index in [1.54, 1.807) is 6.92 Å². The normalized spacial score (nSPS) is 11.2. The van der Waals surface area contributed by atoms with Crippen LogP contribution in [0.5, 0.6) is 0 Å². The van der Waals surface area contributed by atoms with Crippen molar-refractivity contribution in [2.45, 2.75) is 46.3 Å². The molecule has 0 atom stereocenters. The Bertz CT molecular complexity index is 761. The van der Waals surface area contributed by atoms with Crippen molar-refractivity contribution in [2.24, 2.45) is 0 Å². The Morgan fingerprint density at radius 2 is 1.92 bits per heavy atom. The number of alkyl halides is 1. The summed E-state index contributed by atoms with van der Waals surface area (Å²) in [5.74, 6) is 0.367. The van der Waals surface area contributed by atoms with E-state index in [0.29, 0.717) is 17.9 Å². The van der Waals surface area contributed by atoms with Gasteiger partial charge >= 0.3 is 6.03 Å². The predicted molar refractivity (Wildman–Crippen MR) is 94.2 cm³/mol. The Hall–Kier alpha value is -2.70. The van der Waals surface area contributed by atoms with Crippen molar-refractivity contribution in [2.75, 3.05) is 5.32 Å². The molecule has 3 amide bonds. The molecular weight excluding hydrogens is 323 g/mol. The van der Waals surface area contributed by atoms with Crippen LogP contribution in [0.15, 0.2) is 24.3 Å². The van der Waals surface area contributed by atoms with Crippen LogP contribution in [0.3, 0.4) is 0 Å². The van der Waals surface area contributed by atoms with E-state index in [4.69, 9.17) is 0 Å². The molecule has 1 heterocycles. The number of rotatable bonds is 5. The van der Waals surface area contributed by atoms with Gasteiger partial charge in [-0.3, -0.25) is 15.4 Å². The molecule has 1 aromatic heterocycles. The number of hydrogen-bond acceptors (Lipinski definition) is 3. The van der Waals surface area contributed by atoms with Gasteiger partial charge in [-0.2, -0.15) is 5.10 Å². The summed E-state index contributed by atoms with van der Waals surface area (Å²) in [4.78, 5) is 22.0. The van der Waals surface area contributed by atoms with Crippen LogP contribution in [-0.2, 0) is 23.4 Å². The van der Waals surface area contributed by atoms with Crippen molar-refractivity contribution >= 4 is 18.3 Å². The smallest absolute Gasteiger partial charge is 0.292 e. The lowest BCUT2D eigenvalue weighted by Gasteiger charge is -2.19. The summed E-state index contributed by atoms with van der Waals surface area (Å²) in [5.41, 5.74) is 3.03. The lowest BCUT2D eigenvalue weighted by molar-refractivity contribution is -0.108. The fraction of sp³-hybridized carbons (Fsp3) is 0.389. The standard InChI is InChI=1S/C18H23FN4O2/c1-12-15(9-19)22-23(16(12)21-17(25)20-11-24)10-13-5-7-14(8-6-13)18(2,3)4/h5-8,11H,9-10H2,1-4H3,(H2,20,21,24,25). The molecule has 1 aromatic carbocycles. The maximum absolute atomic E-state index is 13.1. The fourth-order valence-electron chi connectivity index (χ4n) is 2.48. The number of nitrogens with zero attached hydrogens (tertiary/aromatic N) is 2. The second-order valence-corrected chi connectivity index (χ2v) is 6.87. The van der Waals surface area contributed by atoms with Gasteiger partial charge in [0.2, 0.25) is 6.41 Å². The van der Waals surface area contributed by atoms with Gasteiger partial charge < -0.3 is 0 Å². The largest absolute Gasteiger partial charge is 0.326 e. The third kappa shape index (κ3) is 4.43. The van der Waals surface area contributed by atoms with Crippen molar-refractivity contribution in [3.8, 4) is 0 Å². The van der Waals surface area contributed by atoms with Gasteiger partial charge in [-0.15, -0.1) is 0 Å². The minimum absolute atomic E-state index is 0.0574. The second kappa shape index (κ2) is 7.46. The molecule has 0 fully saturated rings. The quantitative estimate of drug-likeness (QED) is 0.816. The molecule has 0 aliphatic rings. The molecule has 2 N–H and O–H groups in total. The Labute approximate surface area is 146 Å². The number of carbonyl (C=O) groups is 2. The Morgan fingerprint density at radius 1 is 1.28 bits per heavy atom. The number of benzene rings is 1. The highest BCUT2D eigenvalue weighted by atomic mass is 19.1. The van der Waals surface area contributed by atoms with Gasteiger partial charge in [-0.05, 0) is 23.5 Å². The van der Waals surface area contributed by atoms with E-state index >= 15 is 0 Å². The first-order chi connectivity index (χ1) is 11.8. The number of nitrogens with one attached hydrogen (secondary N) is 2. The summed E-state index contributed by atoms with van der Waals surface area (Å²) in [6, 6.07) is 7.39. The van der Waals surface area contributed by atoms with Crippen molar-refractivity contribution in [3.05, 3.63) is 46.6 Å². The van der Waals surface area contributed by atoms with E-state index < -0.39 is 12.7 Å². The fourth-order valence-corrected chi connectivity index (χ4v) is 2.48. The minimum Gasteiger partial charge on any atom is -0.292 e. The Morgan fingerprint density at radius 3 is 2.44 bits per heavy atom. The lowest BCUT2D eigenvalue weighted by Crippen LogP contribution is -2.28. The lowest BCUT2D eigenvalue weighted by atomic mass is 9.87. The van der Waals surface area contributed by atoms with Crippen LogP contribution in [-0.4, -0.2) is 22.2 Å². The first kappa shape index (κ1) is 18.6. The van der Waals surface area contributed by atoms with Crippen LogP contribution in [0.1, 0.15) is 43.2 Å². The van der Waals surface area contributed by atoms with E-state index in [9.17, 15) is 14.0 Å². The molecule has 0 bridgehead atoms. The van der Waals surface area contributed by atoms with Crippen LogP contribution in [0.25, 0.3) is 0 Å². The van der Waals surface area contributed by atoms with Gasteiger partial charge in [0.1, 0.15) is 12.5 Å². The Kier molecular flexibility index (Phi) is 5.56. The van der Waals surface area contributed by atoms with Gasteiger partial charge in [0.25, 0.3) is 0 Å². The van der Waals surface area contributed by atoms with Crippen LogP contribution in [0, 0.1) is 6.92 Å². The number of halogens is 1. The van der Waals surface area contributed by atoms with Gasteiger partial charge in [-0.25, -0.2) is 13.9 Å². The molecule has 6 nitrogen and oxygen atoms in total. The third-order valence-corrected chi connectivity index (χ3v) is 3.99. The van der Waals surface area contributed by atoms with Crippen molar-refractivity contribution in [3.63, 3.8) is 0 Å². The SMILES string of the molecule is Cc1c(CF)nn(Cc2ccc(C(C)(C)C)cc2)c1NC(=O)NC=O. The number of carbonyl (C=O) groups excluding carboxylic acids is 2. The molecule has 0 spiro atoms. The molecule has 0 saturated heterocycles. The molecule has 2 aromatic rings. The molecule has 0 radical (unpaired) electrons. The first-order valence-electron chi connectivity index (χ1n) is 7.99. The van der Waals surface area contributed by atoms with E-state index in [1.165, 1.54) is 10.2 Å². The summed E-state index contributed by atoms with van der Waals surface area (Å²) in [5, 5.41) is 8.76. The number of amides is 3. The summed E-state index contributed by atoms with van der Waals surface area (Å²) < 4.78 is 14.7. The van der Waals surface area contributed by atoms with Crippen molar-refractivity contribution in [1.29, 1.82) is 0 Å². The van der Waals surface area contributed by atoms with Gasteiger partial charge in [-0.1, -0.05) is 45.0 Å². The summed E-state index contributed by atoms with van der Waals surface area (Å²) in [6.07, 6.45) is 0.284. The zero-order valence-corrected chi connectivity index (χ0v) is 14.9. The number of imide groups is 1. The minimum atomic E-state index is -0.730. The molecule has 2 rings (SSSR count). The first-order valence-corrected chi connectivity index (χ1v) is 7.99. The van der Waals surface area contributed by atoms with Crippen molar-refractivity contribution < 1.29 is 14.0 Å². The Balaban J connectivity index is 2.29. The monoisotopic (exact) mass is 346 g/mol. The van der Waals surface area contributed by atoms with E-state index in [1.807, 2.05) is 29.6 Å². The van der Waals surface area contributed by atoms with Gasteiger partial charge in [0, 0.05) is 5.56 Å². The third-order valence-electron chi connectivity index (χ3n) is 3.99. The van der Waals surface area contributed by atoms with Crippen molar-refractivity contribution in [1.82, 2.24) is 15.1 Å². The average molecular weight is 346 g/mol. The zero-order chi connectivity index (χ0) is 18.6. The molecule has 0 saturated carbocycles. The highest BCUT2D eigenvalue weighted by Gasteiger charge is 2.17. The van der Waals surface area contributed by atoms with Crippen LogP contribution >= 0.6 is 0 Å². The highest BCUT2D eigenvalue weighted by molar-refractivity contribution is 5.95. The topological polar surface area (TPSA) is 76.0 Å². The zero-order valence-electron chi connectivity index (χ0n) is 14.9. The van der Waals surface area contributed by atoms with Gasteiger partial charge in [0.05, 0.1) is 12.2 Å². The van der Waals surface area contributed by atoms with E-state index in [-0.39, 0.29) is 17.5 Å². The summed E-state index contributed by atoms with van der Waals surface area (Å²) >= 11 is 0. The number of aromatic nitrogens is 2. The van der Waals surface area contributed by atoms with Gasteiger partial charge in [0.15, 0.2) is 0 Å². The average Bonchev–Trinajstić information content (AvgIpc) is 2.83. The molecule has 0 aliphatic heterocycles.